The Labute approximate surface area is 116 Å². The fourth-order valence-electron chi connectivity index (χ4n) is 1.63. The summed E-state index contributed by atoms with van der Waals surface area (Å²) in [7, 11) is 0. The van der Waals surface area contributed by atoms with Gasteiger partial charge in [-0.1, -0.05) is 13.8 Å². The lowest BCUT2D eigenvalue weighted by molar-refractivity contribution is -0.0521. The first kappa shape index (κ1) is 16.2. The molecule has 0 fully saturated rings. The van der Waals surface area contributed by atoms with Crippen LogP contribution in [0, 0.1) is 22.6 Å². The predicted molar refractivity (Wildman–Crippen MR) is 70.1 cm³/mol. The molecule has 0 amide bonds. The second-order valence-corrected chi connectivity index (χ2v) is 5.20. The molecule has 3 nitrogen and oxygen atoms in total. The Hall–Kier alpha value is -1.90. The first-order chi connectivity index (χ1) is 9.34. The molecule has 0 saturated carbocycles. The zero-order chi connectivity index (χ0) is 15.2. The summed E-state index contributed by atoms with van der Waals surface area (Å²) < 4.78 is 41.5. The van der Waals surface area contributed by atoms with E-state index >= 15 is 0 Å². The molecule has 0 saturated heterocycles. The first-order valence-corrected chi connectivity index (χ1v) is 6.19. The third-order valence-corrected chi connectivity index (χ3v) is 2.83. The normalized spacial score (nSPS) is 11.2. The van der Waals surface area contributed by atoms with E-state index in [2.05, 4.69) is 16.1 Å². The Bertz CT molecular complexity index is 484. The van der Waals surface area contributed by atoms with Crippen LogP contribution in [0.4, 0.5) is 18.9 Å². The third-order valence-electron chi connectivity index (χ3n) is 2.83. The van der Waals surface area contributed by atoms with E-state index < -0.39 is 18.2 Å². The van der Waals surface area contributed by atoms with Crippen LogP contribution in [0.2, 0.25) is 0 Å². The maximum atomic E-state index is 13.5. The van der Waals surface area contributed by atoms with Gasteiger partial charge in [0.15, 0.2) is 11.6 Å². The zero-order valence-electron chi connectivity index (χ0n) is 11.4. The molecule has 6 heteroatoms. The molecule has 20 heavy (non-hydrogen) atoms. The van der Waals surface area contributed by atoms with Gasteiger partial charge in [-0.25, -0.2) is 4.39 Å². The number of benzene rings is 1. The molecule has 0 unspecified atom stereocenters. The van der Waals surface area contributed by atoms with Crippen LogP contribution >= 0.6 is 0 Å². The summed E-state index contributed by atoms with van der Waals surface area (Å²) in [5.74, 6) is -1.32. The number of halogens is 3. The quantitative estimate of drug-likeness (QED) is 0.818. The number of ether oxygens (including phenoxy) is 1. The summed E-state index contributed by atoms with van der Waals surface area (Å²) >= 11 is 0. The van der Waals surface area contributed by atoms with Crippen molar-refractivity contribution in [2.24, 2.45) is 5.41 Å². The van der Waals surface area contributed by atoms with Gasteiger partial charge in [-0.2, -0.15) is 14.0 Å². The van der Waals surface area contributed by atoms with Crippen molar-refractivity contribution in [1.82, 2.24) is 0 Å². The molecule has 0 bridgehead atoms. The van der Waals surface area contributed by atoms with Gasteiger partial charge in [0, 0.05) is 24.7 Å². The van der Waals surface area contributed by atoms with Gasteiger partial charge in [-0.05, 0) is 24.0 Å². The van der Waals surface area contributed by atoms with Crippen molar-refractivity contribution in [3.8, 4) is 11.8 Å². The van der Waals surface area contributed by atoms with Gasteiger partial charge < -0.3 is 10.1 Å². The molecular weight excluding hydrogens is 269 g/mol. The Morgan fingerprint density at radius 1 is 1.40 bits per heavy atom. The maximum absolute atomic E-state index is 13.5. The lowest BCUT2D eigenvalue weighted by Crippen LogP contribution is -2.23. The molecule has 0 atom stereocenters. The molecular formula is C14H17F3N2O. The van der Waals surface area contributed by atoms with E-state index in [1.807, 2.05) is 13.8 Å². The number of nitriles is 1. The van der Waals surface area contributed by atoms with Crippen LogP contribution < -0.4 is 10.1 Å². The van der Waals surface area contributed by atoms with Crippen LogP contribution in [0.25, 0.3) is 0 Å². The summed E-state index contributed by atoms with van der Waals surface area (Å²) in [5.41, 5.74) is 0.360. The minimum absolute atomic E-state index is 0.121. The van der Waals surface area contributed by atoms with E-state index in [0.29, 0.717) is 25.1 Å². The van der Waals surface area contributed by atoms with E-state index in [-0.39, 0.29) is 5.41 Å². The van der Waals surface area contributed by atoms with E-state index in [4.69, 9.17) is 5.26 Å². The van der Waals surface area contributed by atoms with Gasteiger partial charge in [0.25, 0.3) is 0 Å². The lowest BCUT2D eigenvalue weighted by Gasteiger charge is -2.24. The minimum Gasteiger partial charge on any atom is -0.432 e. The van der Waals surface area contributed by atoms with Crippen LogP contribution in [0.1, 0.15) is 26.7 Å². The Kier molecular flexibility index (Phi) is 5.68. The minimum atomic E-state index is -3.05. The van der Waals surface area contributed by atoms with Crippen molar-refractivity contribution in [2.45, 2.75) is 33.3 Å². The van der Waals surface area contributed by atoms with E-state index in [9.17, 15) is 13.2 Å². The molecule has 1 rings (SSSR count). The molecule has 1 aromatic rings. The first-order valence-electron chi connectivity index (χ1n) is 6.19. The largest absolute Gasteiger partial charge is 0.432 e. The summed E-state index contributed by atoms with van der Waals surface area (Å²) in [6, 6.07) is 5.82. The molecule has 0 aliphatic heterocycles. The van der Waals surface area contributed by atoms with Crippen LogP contribution in [0.15, 0.2) is 18.2 Å². The van der Waals surface area contributed by atoms with Crippen LogP contribution in [0.3, 0.4) is 0 Å². The highest BCUT2D eigenvalue weighted by molar-refractivity contribution is 5.47. The van der Waals surface area contributed by atoms with Gasteiger partial charge in [0.05, 0.1) is 6.07 Å². The van der Waals surface area contributed by atoms with Crippen LogP contribution in [0.5, 0.6) is 5.75 Å². The van der Waals surface area contributed by atoms with E-state index in [1.165, 1.54) is 6.07 Å². The summed E-state index contributed by atoms with van der Waals surface area (Å²) in [4.78, 5) is 0. The number of rotatable bonds is 7. The molecule has 0 radical (unpaired) electrons. The third kappa shape index (κ3) is 5.39. The second kappa shape index (κ2) is 7.04. The maximum Gasteiger partial charge on any atom is 0.387 e. The molecule has 0 spiro atoms. The predicted octanol–water partition coefficient (Wildman–Crippen LogP) is 4.17. The van der Waals surface area contributed by atoms with Crippen molar-refractivity contribution < 1.29 is 17.9 Å². The number of nitrogens with zero attached hydrogens (tertiary/aromatic N) is 1. The number of alkyl halides is 2. The fraction of sp³-hybridized carbons (Fsp3) is 0.500. The summed E-state index contributed by atoms with van der Waals surface area (Å²) in [5, 5.41) is 11.6. The van der Waals surface area contributed by atoms with Crippen LogP contribution in [-0.4, -0.2) is 13.2 Å². The Morgan fingerprint density at radius 3 is 2.65 bits per heavy atom. The van der Waals surface area contributed by atoms with Crippen LogP contribution in [-0.2, 0) is 0 Å². The monoisotopic (exact) mass is 286 g/mol. The van der Waals surface area contributed by atoms with E-state index in [1.54, 1.807) is 0 Å². The van der Waals surface area contributed by atoms with Gasteiger partial charge in [-0.15, -0.1) is 0 Å². The Morgan fingerprint density at radius 2 is 2.10 bits per heavy atom. The van der Waals surface area contributed by atoms with Crippen molar-refractivity contribution in [2.75, 3.05) is 11.9 Å². The van der Waals surface area contributed by atoms with Crippen molar-refractivity contribution in [3.05, 3.63) is 24.0 Å². The summed E-state index contributed by atoms with van der Waals surface area (Å²) in [6.07, 6.45) is 1.16. The molecule has 0 aliphatic rings. The highest BCUT2D eigenvalue weighted by Gasteiger charge is 2.17. The molecule has 1 aromatic carbocycles. The van der Waals surface area contributed by atoms with Crippen molar-refractivity contribution >= 4 is 5.69 Å². The SMILES string of the molecule is CC(C)(CCC#N)CNc1ccc(OC(F)F)c(F)c1. The Balaban J connectivity index is 2.61. The average Bonchev–Trinajstić information content (AvgIpc) is 2.37. The summed E-state index contributed by atoms with van der Waals surface area (Å²) in [6.45, 7) is 1.47. The van der Waals surface area contributed by atoms with Gasteiger partial charge in [0.1, 0.15) is 0 Å². The number of nitrogens with one attached hydrogen (secondary N) is 1. The van der Waals surface area contributed by atoms with Gasteiger partial charge in [-0.3, -0.25) is 0 Å². The number of hydrogen-bond acceptors (Lipinski definition) is 3. The van der Waals surface area contributed by atoms with E-state index in [0.717, 1.165) is 12.1 Å². The standard InChI is InChI=1S/C14H17F3N2O/c1-14(2,6-3-7-18)9-19-10-4-5-12(11(15)8-10)20-13(16)17/h4-5,8,13,19H,3,6,9H2,1-2H3. The second-order valence-electron chi connectivity index (χ2n) is 5.20. The smallest absolute Gasteiger partial charge is 0.387 e. The molecule has 1 N–H and O–H groups in total. The molecule has 0 aliphatic carbocycles. The molecule has 110 valence electrons. The average molecular weight is 286 g/mol. The molecule has 0 aromatic heterocycles. The fourth-order valence-corrected chi connectivity index (χ4v) is 1.63. The molecule has 0 heterocycles. The van der Waals surface area contributed by atoms with Gasteiger partial charge >= 0.3 is 6.61 Å². The zero-order valence-corrected chi connectivity index (χ0v) is 11.4. The van der Waals surface area contributed by atoms with Crippen molar-refractivity contribution in [1.29, 1.82) is 5.26 Å². The highest BCUT2D eigenvalue weighted by atomic mass is 19.3. The topological polar surface area (TPSA) is 45.0 Å². The lowest BCUT2D eigenvalue weighted by atomic mass is 9.88. The number of hydrogen-bond donors (Lipinski definition) is 1. The van der Waals surface area contributed by atoms with Gasteiger partial charge in [0.2, 0.25) is 0 Å². The number of anilines is 1. The van der Waals surface area contributed by atoms with Crippen molar-refractivity contribution in [3.63, 3.8) is 0 Å². The highest BCUT2D eigenvalue weighted by Crippen LogP contribution is 2.26.